The van der Waals surface area contributed by atoms with Crippen molar-refractivity contribution in [2.75, 3.05) is 13.7 Å². The zero-order valence-corrected chi connectivity index (χ0v) is 12.6. The molecule has 0 fully saturated rings. The molecule has 0 bridgehead atoms. The van der Waals surface area contributed by atoms with E-state index >= 15 is 0 Å². The number of hydrogen-bond acceptors (Lipinski definition) is 3. The summed E-state index contributed by atoms with van der Waals surface area (Å²) in [6.45, 7) is 1.44. The van der Waals surface area contributed by atoms with E-state index in [2.05, 4.69) is 15.9 Å². The number of sulfonamides is 1. The first-order valence-electron chi connectivity index (χ1n) is 5.39. The highest BCUT2D eigenvalue weighted by Gasteiger charge is 2.19. The zero-order chi connectivity index (χ0) is 13.8. The van der Waals surface area contributed by atoms with Crippen LogP contribution in [0.3, 0.4) is 0 Å². The van der Waals surface area contributed by atoms with Gasteiger partial charge in [0.2, 0.25) is 10.0 Å². The highest BCUT2D eigenvalue weighted by atomic mass is 79.9. The number of likely N-dealkylation sites (N-methyl/N-ethyl adjacent to an activating group) is 1. The van der Waals surface area contributed by atoms with E-state index in [1.165, 1.54) is 13.1 Å². The molecule has 1 aromatic rings. The topological polar surface area (TPSA) is 57.6 Å². The van der Waals surface area contributed by atoms with Gasteiger partial charge in [-0.3, -0.25) is 0 Å². The lowest BCUT2D eigenvalue weighted by Crippen LogP contribution is -2.35. The van der Waals surface area contributed by atoms with E-state index in [1.54, 1.807) is 6.92 Å². The van der Waals surface area contributed by atoms with Crippen molar-refractivity contribution in [3.05, 3.63) is 39.7 Å². The third-order valence-corrected chi connectivity index (χ3v) is 4.76. The molecule has 1 aromatic carbocycles. The van der Waals surface area contributed by atoms with Crippen molar-refractivity contribution in [2.24, 2.45) is 0 Å². The first kappa shape index (κ1) is 15.4. The molecule has 0 radical (unpaired) electrons. The standard InChI is InChI=1S/C12H16BrNO3S/c1-10(9-15)14(2)18(16,17)8-7-11-3-5-12(13)6-4-11/h3-8,10,15H,9H2,1-2H3/b8-7+. The SMILES string of the molecule is CC(CO)N(C)S(=O)(=O)/C=C/c1ccc(Br)cc1. The lowest BCUT2D eigenvalue weighted by molar-refractivity contribution is 0.215. The van der Waals surface area contributed by atoms with Crippen LogP contribution in [0.15, 0.2) is 34.1 Å². The van der Waals surface area contributed by atoms with Crippen LogP contribution >= 0.6 is 15.9 Å². The van der Waals surface area contributed by atoms with Crippen LogP contribution in [0, 0.1) is 0 Å². The van der Waals surface area contributed by atoms with Crippen molar-refractivity contribution >= 4 is 32.0 Å². The predicted molar refractivity (Wildman–Crippen MR) is 76.4 cm³/mol. The minimum Gasteiger partial charge on any atom is -0.395 e. The summed E-state index contributed by atoms with van der Waals surface area (Å²) in [7, 11) is -2.05. The third kappa shape index (κ3) is 4.20. The first-order valence-corrected chi connectivity index (χ1v) is 7.69. The van der Waals surface area contributed by atoms with Gasteiger partial charge in [0.05, 0.1) is 6.61 Å². The van der Waals surface area contributed by atoms with Crippen molar-refractivity contribution in [1.29, 1.82) is 0 Å². The second kappa shape index (κ2) is 6.47. The molecule has 1 atom stereocenters. The third-order valence-electron chi connectivity index (χ3n) is 2.59. The number of halogens is 1. The first-order chi connectivity index (χ1) is 8.36. The van der Waals surface area contributed by atoms with Crippen LogP contribution in [0.2, 0.25) is 0 Å². The largest absolute Gasteiger partial charge is 0.395 e. The molecule has 100 valence electrons. The Bertz CT molecular complexity index is 511. The van der Waals surface area contributed by atoms with Crippen molar-refractivity contribution in [2.45, 2.75) is 13.0 Å². The molecule has 18 heavy (non-hydrogen) atoms. The molecular weight excluding hydrogens is 318 g/mol. The molecule has 0 saturated heterocycles. The molecule has 0 aliphatic rings. The summed E-state index contributed by atoms with van der Waals surface area (Å²) in [4.78, 5) is 0. The average molecular weight is 334 g/mol. The van der Waals surface area contributed by atoms with Crippen LogP contribution in [0.1, 0.15) is 12.5 Å². The molecule has 0 aliphatic carbocycles. The van der Waals surface area contributed by atoms with E-state index in [0.29, 0.717) is 0 Å². The molecule has 0 aromatic heterocycles. The van der Waals surface area contributed by atoms with E-state index in [9.17, 15) is 8.42 Å². The van der Waals surface area contributed by atoms with Gasteiger partial charge < -0.3 is 5.11 Å². The van der Waals surface area contributed by atoms with Crippen LogP contribution in [0.25, 0.3) is 6.08 Å². The van der Waals surface area contributed by atoms with Gasteiger partial charge >= 0.3 is 0 Å². The molecule has 1 rings (SSSR count). The fourth-order valence-corrected chi connectivity index (χ4v) is 2.55. The molecular formula is C12H16BrNO3S. The van der Waals surface area contributed by atoms with Gasteiger partial charge in [-0.05, 0) is 30.7 Å². The van der Waals surface area contributed by atoms with Crippen molar-refractivity contribution < 1.29 is 13.5 Å². The van der Waals surface area contributed by atoms with Crippen LogP contribution in [-0.2, 0) is 10.0 Å². The molecule has 0 aliphatic heterocycles. The highest BCUT2D eigenvalue weighted by molar-refractivity contribution is 9.10. The van der Waals surface area contributed by atoms with E-state index in [1.807, 2.05) is 24.3 Å². The molecule has 0 spiro atoms. The Morgan fingerprint density at radius 3 is 2.44 bits per heavy atom. The number of benzene rings is 1. The molecule has 0 saturated carbocycles. The number of aliphatic hydroxyl groups excluding tert-OH is 1. The van der Waals surface area contributed by atoms with Crippen LogP contribution in [0.5, 0.6) is 0 Å². The summed E-state index contributed by atoms with van der Waals surface area (Å²) in [5.74, 6) is 0. The van der Waals surface area contributed by atoms with Gasteiger partial charge in [0.1, 0.15) is 0 Å². The van der Waals surface area contributed by atoms with E-state index in [-0.39, 0.29) is 6.61 Å². The summed E-state index contributed by atoms with van der Waals surface area (Å²) < 4.78 is 25.9. The lowest BCUT2D eigenvalue weighted by Gasteiger charge is -2.20. The molecule has 1 N–H and O–H groups in total. The highest BCUT2D eigenvalue weighted by Crippen LogP contribution is 2.13. The van der Waals surface area contributed by atoms with Gasteiger partial charge in [-0.2, -0.15) is 4.31 Å². The van der Waals surface area contributed by atoms with Gasteiger partial charge in [0, 0.05) is 23.0 Å². The molecule has 0 amide bonds. The second-order valence-electron chi connectivity index (χ2n) is 3.95. The Labute approximate surface area is 116 Å². The predicted octanol–water partition coefficient (Wildman–Crippen LogP) is 2.06. The van der Waals surface area contributed by atoms with Gasteiger partial charge in [-0.15, -0.1) is 0 Å². The van der Waals surface area contributed by atoms with E-state index in [0.717, 1.165) is 19.7 Å². The minimum absolute atomic E-state index is 0.206. The van der Waals surface area contributed by atoms with Gasteiger partial charge in [0.15, 0.2) is 0 Å². The smallest absolute Gasteiger partial charge is 0.236 e. The Kier molecular flexibility index (Phi) is 5.52. The summed E-state index contributed by atoms with van der Waals surface area (Å²) in [6.07, 6.45) is 1.53. The molecule has 6 heteroatoms. The van der Waals surface area contributed by atoms with E-state index in [4.69, 9.17) is 5.11 Å². The van der Waals surface area contributed by atoms with Crippen LogP contribution in [-0.4, -0.2) is 37.5 Å². The molecule has 1 unspecified atom stereocenters. The Balaban J connectivity index is 2.86. The number of nitrogens with zero attached hydrogens (tertiary/aromatic N) is 1. The van der Waals surface area contributed by atoms with Gasteiger partial charge in [-0.1, -0.05) is 28.1 Å². The summed E-state index contributed by atoms with van der Waals surface area (Å²) in [5, 5.41) is 10.1. The normalized spacial score (nSPS) is 14.3. The maximum Gasteiger partial charge on any atom is 0.236 e. The van der Waals surface area contributed by atoms with Gasteiger partial charge in [0.25, 0.3) is 0 Å². The second-order valence-corrected chi connectivity index (χ2v) is 6.74. The Morgan fingerprint density at radius 1 is 1.39 bits per heavy atom. The molecule has 0 heterocycles. The van der Waals surface area contributed by atoms with Gasteiger partial charge in [-0.25, -0.2) is 8.42 Å². The summed E-state index contributed by atoms with van der Waals surface area (Å²) >= 11 is 3.31. The number of hydrogen-bond donors (Lipinski definition) is 1. The summed E-state index contributed by atoms with van der Waals surface area (Å²) in [5.41, 5.74) is 0.798. The summed E-state index contributed by atoms with van der Waals surface area (Å²) in [6, 6.07) is 6.86. The average Bonchev–Trinajstić information content (AvgIpc) is 2.36. The van der Waals surface area contributed by atoms with Crippen molar-refractivity contribution in [3.63, 3.8) is 0 Å². The van der Waals surface area contributed by atoms with Crippen molar-refractivity contribution in [1.82, 2.24) is 4.31 Å². The minimum atomic E-state index is -3.50. The Morgan fingerprint density at radius 2 is 1.94 bits per heavy atom. The fraction of sp³-hybridized carbons (Fsp3) is 0.333. The van der Waals surface area contributed by atoms with E-state index < -0.39 is 16.1 Å². The van der Waals surface area contributed by atoms with Crippen LogP contribution < -0.4 is 0 Å². The quantitative estimate of drug-likeness (QED) is 0.897. The maximum atomic E-state index is 11.9. The van der Waals surface area contributed by atoms with Crippen LogP contribution in [0.4, 0.5) is 0 Å². The molecule has 4 nitrogen and oxygen atoms in total. The lowest BCUT2D eigenvalue weighted by atomic mass is 10.2. The zero-order valence-electron chi connectivity index (χ0n) is 10.2. The number of rotatable bonds is 5. The number of aliphatic hydroxyl groups is 1. The Hall–Kier alpha value is -0.690. The monoisotopic (exact) mass is 333 g/mol. The van der Waals surface area contributed by atoms with Crippen molar-refractivity contribution in [3.8, 4) is 0 Å². The fourth-order valence-electron chi connectivity index (χ4n) is 1.20. The maximum absolute atomic E-state index is 11.9.